The Balaban J connectivity index is 2.83. The van der Waals surface area contributed by atoms with Crippen LogP contribution in [0.1, 0.15) is 39.4 Å². The minimum Gasteiger partial charge on any atom is -0.388 e. The summed E-state index contributed by atoms with van der Waals surface area (Å²) in [5.41, 5.74) is 0.391. The van der Waals surface area contributed by atoms with Crippen LogP contribution in [0.25, 0.3) is 0 Å². The molecule has 1 aromatic rings. The van der Waals surface area contributed by atoms with Crippen LogP contribution in [0.3, 0.4) is 0 Å². The van der Waals surface area contributed by atoms with Crippen molar-refractivity contribution in [3.05, 3.63) is 35.9 Å². The van der Waals surface area contributed by atoms with Crippen LogP contribution in [-0.2, 0) is 4.79 Å². The highest BCUT2D eigenvalue weighted by Gasteiger charge is 2.31. The highest BCUT2D eigenvalue weighted by atomic mass is 16.3. The first-order valence-corrected chi connectivity index (χ1v) is 5.61. The molecule has 0 aliphatic heterocycles. The van der Waals surface area contributed by atoms with Gasteiger partial charge in [0.1, 0.15) is 5.78 Å². The molecule has 16 heavy (non-hydrogen) atoms. The van der Waals surface area contributed by atoms with Crippen LogP contribution in [0.2, 0.25) is 0 Å². The highest BCUT2D eigenvalue weighted by molar-refractivity contribution is 5.86. The molecule has 2 atom stereocenters. The minimum absolute atomic E-state index is 0.0869. The van der Waals surface area contributed by atoms with Crippen molar-refractivity contribution in [3.8, 4) is 0 Å². The van der Waals surface area contributed by atoms with E-state index in [-0.39, 0.29) is 11.7 Å². The number of carbonyl (C=O) groups is 1. The summed E-state index contributed by atoms with van der Waals surface area (Å²) in [6.07, 6.45) is -0.715. The smallest absolute Gasteiger partial charge is 0.143 e. The number of aliphatic hydroxyl groups excluding tert-OH is 1. The molecule has 88 valence electrons. The molecule has 2 nitrogen and oxygen atoms in total. The second kappa shape index (κ2) is 4.79. The lowest BCUT2D eigenvalue weighted by atomic mass is 9.80. The van der Waals surface area contributed by atoms with Crippen LogP contribution in [0.15, 0.2) is 30.3 Å². The number of hydrogen-bond acceptors (Lipinski definition) is 2. The van der Waals surface area contributed by atoms with Gasteiger partial charge in [-0.1, -0.05) is 58.0 Å². The Labute approximate surface area is 97.3 Å². The molecule has 0 aliphatic carbocycles. The quantitative estimate of drug-likeness (QED) is 0.850. The third kappa shape index (κ3) is 2.92. The van der Waals surface area contributed by atoms with Crippen LogP contribution in [0, 0.1) is 11.3 Å². The molecule has 0 aliphatic rings. The summed E-state index contributed by atoms with van der Waals surface area (Å²) in [6.45, 7) is 7.42. The summed E-state index contributed by atoms with van der Waals surface area (Å²) in [5.74, 6) is -0.286. The van der Waals surface area contributed by atoms with E-state index in [9.17, 15) is 9.90 Å². The average molecular weight is 220 g/mol. The number of rotatable bonds is 3. The van der Waals surface area contributed by atoms with Gasteiger partial charge in [0.15, 0.2) is 0 Å². The maximum Gasteiger partial charge on any atom is 0.143 e. The molecule has 0 aromatic heterocycles. The molecule has 2 heteroatoms. The molecule has 0 fully saturated rings. The van der Waals surface area contributed by atoms with Gasteiger partial charge in [-0.3, -0.25) is 4.79 Å². The highest BCUT2D eigenvalue weighted by Crippen LogP contribution is 2.29. The van der Waals surface area contributed by atoms with Gasteiger partial charge in [0.2, 0.25) is 0 Å². The fraction of sp³-hybridized carbons (Fsp3) is 0.500. The zero-order valence-corrected chi connectivity index (χ0v) is 10.4. The Bertz CT molecular complexity index is 349. The van der Waals surface area contributed by atoms with E-state index in [4.69, 9.17) is 0 Å². The Morgan fingerprint density at radius 2 is 1.69 bits per heavy atom. The monoisotopic (exact) mass is 220 g/mol. The summed E-state index contributed by atoms with van der Waals surface area (Å²) < 4.78 is 0. The first kappa shape index (κ1) is 12.9. The molecule has 0 amide bonds. The topological polar surface area (TPSA) is 37.3 Å². The molecule has 0 spiro atoms. The van der Waals surface area contributed by atoms with Crippen LogP contribution in [0.5, 0.6) is 0 Å². The molecule has 1 rings (SSSR count). The van der Waals surface area contributed by atoms with Crippen molar-refractivity contribution >= 4 is 5.78 Å². The molecule has 0 radical (unpaired) electrons. The number of benzene rings is 1. The molecule has 0 bridgehead atoms. The second-order valence-electron chi connectivity index (χ2n) is 5.26. The standard InChI is InChI=1S/C14H20O2/c1-10(13(16)14(2,3)4)12(15)11-8-6-5-7-9-11/h5-10,12,15H,1-4H3/t10-,12-/m0/s1. The molecular weight excluding hydrogens is 200 g/mol. The third-order valence-electron chi connectivity index (χ3n) is 2.77. The summed E-state index contributed by atoms with van der Waals surface area (Å²) in [7, 11) is 0. The molecule has 0 saturated carbocycles. The summed E-state index contributed by atoms with van der Waals surface area (Å²) in [4.78, 5) is 12.0. The lowest BCUT2D eigenvalue weighted by molar-refractivity contribution is -0.133. The van der Waals surface area contributed by atoms with Gasteiger partial charge in [0.05, 0.1) is 6.10 Å². The van der Waals surface area contributed by atoms with Crippen molar-refractivity contribution in [2.24, 2.45) is 11.3 Å². The number of aliphatic hydroxyl groups is 1. The van der Waals surface area contributed by atoms with E-state index in [2.05, 4.69) is 0 Å². The Hall–Kier alpha value is -1.15. The van der Waals surface area contributed by atoms with Crippen molar-refractivity contribution in [3.63, 3.8) is 0 Å². The van der Waals surface area contributed by atoms with Crippen LogP contribution >= 0.6 is 0 Å². The van der Waals surface area contributed by atoms with Gasteiger partial charge in [-0.2, -0.15) is 0 Å². The molecule has 0 saturated heterocycles. The van der Waals surface area contributed by atoms with Crippen molar-refractivity contribution < 1.29 is 9.90 Å². The lowest BCUT2D eigenvalue weighted by Gasteiger charge is -2.25. The van der Waals surface area contributed by atoms with Crippen molar-refractivity contribution in [1.29, 1.82) is 0 Å². The number of ketones is 1. The average Bonchev–Trinajstić information content (AvgIpc) is 2.26. The zero-order chi connectivity index (χ0) is 12.3. The van der Waals surface area contributed by atoms with Crippen LogP contribution < -0.4 is 0 Å². The SMILES string of the molecule is C[C@H](C(=O)C(C)(C)C)[C@H](O)c1ccccc1. The fourth-order valence-corrected chi connectivity index (χ4v) is 1.77. The summed E-state index contributed by atoms with van der Waals surface area (Å²) >= 11 is 0. The van der Waals surface area contributed by atoms with Gasteiger partial charge in [-0.15, -0.1) is 0 Å². The molecule has 1 N–H and O–H groups in total. The minimum atomic E-state index is -0.715. The predicted octanol–water partition coefficient (Wildman–Crippen LogP) is 2.97. The Morgan fingerprint density at radius 3 is 2.12 bits per heavy atom. The molecule has 1 aromatic carbocycles. The van der Waals surface area contributed by atoms with Crippen molar-refractivity contribution in [2.45, 2.75) is 33.8 Å². The summed E-state index contributed by atoms with van der Waals surface area (Å²) in [5, 5.41) is 10.1. The van der Waals surface area contributed by atoms with E-state index in [1.54, 1.807) is 6.92 Å². The number of hydrogen-bond donors (Lipinski definition) is 1. The summed E-state index contributed by atoms with van der Waals surface area (Å²) in [6, 6.07) is 9.32. The number of Topliss-reactive ketones (excluding diaryl/α,β-unsaturated/α-hetero) is 1. The lowest BCUT2D eigenvalue weighted by Crippen LogP contribution is -2.30. The molecular formula is C14H20O2. The Morgan fingerprint density at radius 1 is 1.19 bits per heavy atom. The van der Waals surface area contributed by atoms with Gasteiger partial charge >= 0.3 is 0 Å². The van der Waals surface area contributed by atoms with Gasteiger partial charge in [-0.05, 0) is 5.56 Å². The van der Waals surface area contributed by atoms with E-state index >= 15 is 0 Å². The van der Waals surface area contributed by atoms with E-state index in [1.165, 1.54) is 0 Å². The maximum atomic E-state index is 12.0. The predicted molar refractivity (Wildman–Crippen MR) is 65.0 cm³/mol. The van der Waals surface area contributed by atoms with Crippen molar-refractivity contribution in [1.82, 2.24) is 0 Å². The fourth-order valence-electron chi connectivity index (χ4n) is 1.77. The molecule has 0 unspecified atom stereocenters. The van der Waals surface area contributed by atoms with Gasteiger partial charge < -0.3 is 5.11 Å². The Kier molecular flexibility index (Phi) is 3.87. The first-order chi connectivity index (χ1) is 7.34. The zero-order valence-electron chi connectivity index (χ0n) is 10.4. The van der Waals surface area contributed by atoms with Gasteiger partial charge in [-0.25, -0.2) is 0 Å². The maximum absolute atomic E-state index is 12.0. The second-order valence-corrected chi connectivity index (χ2v) is 5.26. The van der Waals surface area contributed by atoms with E-state index < -0.39 is 11.5 Å². The normalized spacial score (nSPS) is 15.6. The first-order valence-electron chi connectivity index (χ1n) is 5.61. The largest absolute Gasteiger partial charge is 0.388 e. The van der Waals surface area contributed by atoms with Gasteiger partial charge in [0, 0.05) is 11.3 Å². The van der Waals surface area contributed by atoms with E-state index in [0.29, 0.717) is 0 Å². The van der Waals surface area contributed by atoms with E-state index in [1.807, 2.05) is 51.1 Å². The van der Waals surface area contributed by atoms with Crippen LogP contribution in [-0.4, -0.2) is 10.9 Å². The van der Waals surface area contributed by atoms with Gasteiger partial charge in [0.25, 0.3) is 0 Å². The molecule has 0 heterocycles. The third-order valence-corrected chi connectivity index (χ3v) is 2.77. The van der Waals surface area contributed by atoms with Crippen LogP contribution in [0.4, 0.5) is 0 Å². The van der Waals surface area contributed by atoms with E-state index in [0.717, 1.165) is 5.56 Å². The number of carbonyl (C=O) groups excluding carboxylic acids is 1. The van der Waals surface area contributed by atoms with Crippen molar-refractivity contribution in [2.75, 3.05) is 0 Å².